The highest BCUT2D eigenvalue weighted by Crippen LogP contribution is 2.25. The number of hydrogen-bond donors (Lipinski definition) is 0. The number of methoxy groups -OCH3 is 1. The Kier molecular flexibility index (Phi) is 5.19. The summed E-state index contributed by atoms with van der Waals surface area (Å²) in [6, 6.07) is 15.3. The Balaban J connectivity index is 1.92. The molecule has 0 bridgehead atoms. The van der Waals surface area contributed by atoms with Crippen LogP contribution in [-0.2, 0) is 6.42 Å². The minimum absolute atomic E-state index is 0.121. The van der Waals surface area contributed by atoms with E-state index in [-0.39, 0.29) is 5.78 Å². The van der Waals surface area contributed by atoms with Crippen LogP contribution in [0.4, 0.5) is 0 Å². The molecule has 0 aliphatic carbocycles. The van der Waals surface area contributed by atoms with Crippen LogP contribution >= 0.6 is 11.6 Å². The van der Waals surface area contributed by atoms with Gasteiger partial charge in [-0.05, 0) is 36.6 Å². The number of benzene rings is 2. The van der Waals surface area contributed by atoms with Crippen LogP contribution in [0.1, 0.15) is 28.8 Å². The summed E-state index contributed by atoms with van der Waals surface area (Å²) in [5, 5.41) is 0.522. The molecule has 104 valence electrons. The average molecular weight is 289 g/mol. The fourth-order valence-electron chi connectivity index (χ4n) is 2.08. The predicted molar refractivity (Wildman–Crippen MR) is 81.7 cm³/mol. The van der Waals surface area contributed by atoms with Gasteiger partial charge in [0.05, 0.1) is 12.1 Å². The molecule has 0 heterocycles. The van der Waals surface area contributed by atoms with Crippen LogP contribution in [0, 0.1) is 0 Å². The zero-order valence-electron chi connectivity index (χ0n) is 11.4. The lowest BCUT2D eigenvalue weighted by molar-refractivity contribution is 0.0980. The van der Waals surface area contributed by atoms with Gasteiger partial charge in [0, 0.05) is 12.0 Å². The zero-order chi connectivity index (χ0) is 14.4. The molecule has 0 spiro atoms. The van der Waals surface area contributed by atoms with Crippen molar-refractivity contribution in [3.8, 4) is 5.75 Å². The first-order valence-electron chi connectivity index (χ1n) is 6.61. The Morgan fingerprint density at radius 1 is 1.15 bits per heavy atom. The van der Waals surface area contributed by atoms with Gasteiger partial charge >= 0.3 is 0 Å². The number of ketones is 1. The van der Waals surface area contributed by atoms with Crippen LogP contribution in [0.5, 0.6) is 5.75 Å². The summed E-state index contributed by atoms with van der Waals surface area (Å²) < 4.78 is 5.13. The van der Waals surface area contributed by atoms with E-state index < -0.39 is 0 Å². The van der Waals surface area contributed by atoms with Gasteiger partial charge < -0.3 is 4.74 Å². The summed E-state index contributed by atoms with van der Waals surface area (Å²) in [6.45, 7) is 0. The third kappa shape index (κ3) is 3.84. The Labute approximate surface area is 124 Å². The van der Waals surface area contributed by atoms with Gasteiger partial charge in [-0.3, -0.25) is 4.79 Å². The van der Waals surface area contributed by atoms with E-state index in [1.54, 1.807) is 25.3 Å². The molecule has 2 aromatic rings. The molecule has 3 heteroatoms. The number of rotatable bonds is 6. The molecule has 0 saturated carbocycles. The number of carbonyl (C=O) groups excluding carboxylic acids is 1. The molecule has 0 unspecified atom stereocenters. The third-order valence-corrected chi connectivity index (χ3v) is 3.50. The smallest absolute Gasteiger partial charge is 0.163 e. The monoisotopic (exact) mass is 288 g/mol. The number of Topliss-reactive ketones (excluding diaryl/α,β-unsaturated/α-hetero) is 1. The summed E-state index contributed by atoms with van der Waals surface area (Å²) in [6.07, 6.45) is 2.28. The Hall–Kier alpha value is -1.80. The van der Waals surface area contributed by atoms with Gasteiger partial charge in [0.2, 0.25) is 0 Å². The molecule has 0 aliphatic heterocycles. The lowest BCUT2D eigenvalue weighted by atomic mass is 10.0. The van der Waals surface area contributed by atoms with Crippen LogP contribution in [0.2, 0.25) is 5.02 Å². The lowest BCUT2D eigenvalue weighted by Crippen LogP contribution is -2.00. The first-order chi connectivity index (χ1) is 9.70. The van der Waals surface area contributed by atoms with Crippen molar-refractivity contribution in [3.05, 3.63) is 64.7 Å². The molecule has 0 aromatic heterocycles. The van der Waals surface area contributed by atoms with Crippen molar-refractivity contribution in [1.82, 2.24) is 0 Å². The van der Waals surface area contributed by atoms with Gasteiger partial charge in [0.25, 0.3) is 0 Å². The van der Waals surface area contributed by atoms with Crippen molar-refractivity contribution in [1.29, 1.82) is 0 Å². The second kappa shape index (κ2) is 7.11. The van der Waals surface area contributed by atoms with E-state index in [1.807, 2.05) is 18.2 Å². The number of aryl methyl sites for hydroxylation is 1. The van der Waals surface area contributed by atoms with Crippen molar-refractivity contribution < 1.29 is 9.53 Å². The van der Waals surface area contributed by atoms with Crippen LogP contribution < -0.4 is 4.74 Å². The van der Waals surface area contributed by atoms with Crippen LogP contribution in [-0.4, -0.2) is 12.9 Å². The summed E-state index contributed by atoms with van der Waals surface area (Å²) in [7, 11) is 1.55. The molecule has 0 radical (unpaired) electrons. The molecule has 0 atom stereocenters. The molecule has 0 fully saturated rings. The first-order valence-corrected chi connectivity index (χ1v) is 6.99. The minimum Gasteiger partial charge on any atom is -0.495 e. The van der Waals surface area contributed by atoms with Gasteiger partial charge in [-0.1, -0.05) is 41.9 Å². The molecule has 0 amide bonds. The normalized spacial score (nSPS) is 10.3. The molecule has 0 saturated heterocycles. The molecule has 2 rings (SSSR count). The largest absolute Gasteiger partial charge is 0.495 e. The third-order valence-electron chi connectivity index (χ3n) is 3.19. The van der Waals surface area contributed by atoms with Gasteiger partial charge in [-0.2, -0.15) is 0 Å². The number of hydrogen-bond acceptors (Lipinski definition) is 2. The minimum atomic E-state index is 0.121. The number of ether oxygens (including phenoxy) is 1. The van der Waals surface area contributed by atoms with Crippen molar-refractivity contribution in [2.45, 2.75) is 19.3 Å². The van der Waals surface area contributed by atoms with Crippen LogP contribution in [0.15, 0.2) is 48.5 Å². The molecule has 20 heavy (non-hydrogen) atoms. The second-order valence-electron chi connectivity index (χ2n) is 4.61. The highest BCUT2D eigenvalue weighted by atomic mass is 35.5. The van der Waals surface area contributed by atoms with E-state index in [4.69, 9.17) is 16.3 Å². The molecule has 0 aliphatic rings. The first kappa shape index (κ1) is 14.6. The number of carbonyl (C=O) groups is 1. The SMILES string of the molecule is COc1cc(C(=O)CCCc2ccccc2)ccc1Cl. The highest BCUT2D eigenvalue weighted by Gasteiger charge is 2.09. The van der Waals surface area contributed by atoms with Crippen molar-refractivity contribution in [2.75, 3.05) is 7.11 Å². The molecular weight excluding hydrogens is 272 g/mol. The Bertz CT molecular complexity index is 579. The van der Waals surface area contributed by atoms with Crippen molar-refractivity contribution in [2.24, 2.45) is 0 Å². The zero-order valence-corrected chi connectivity index (χ0v) is 12.2. The maximum absolute atomic E-state index is 12.1. The summed E-state index contributed by atoms with van der Waals surface area (Å²) in [5.74, 6) is 0.663. The molecule has 2 nitrogen and oxygen atoms in total. The van der Waals surface area contributed by atoms with Crippen LogP contribution in [0.3, 0.4) is 0 Å². The van der Waals surface area contributed by atoms with Gasteiger partial charge in [0.1, 0.15) is 5.75 Å². The standard InChI is InChI=1S/C17H17ClO2/c1-20-17-12-14(10-11-15(17)18)16(19)9-5-8-13-6-3-2-4-7-13/h2-4,6-7,10-12H,5,8-9H2,1H3. The summed E-state index contributed by atoms with van der Waals surface area (Å²) in [4.78, 5) is 12.1. The predicted octanol–water partition coefficient (Wildman–Crippen LogP) is 4.55. The van der Waals surface area contributed by atoms with Crippen LogP contribution in [0.25, 0.3) is 0 Å². The molecule has 0 N–H and O–H groups in total. The van der Waals surface area contributed by atoms with E-state index in [2.05, 4.69) is 12.1 Å². The summed E-state index contributed by atoms with van der Waals surface area (Å²) in [5.41, 5.74) is 1.91. The maximum Gasteiger partial charge on any atom is 0.163 e. The topological polar surface area (TPSA) is 26.3 Å². The van der Waals surface area contributed by atoms with Crippen molar-refractivity contribution >= 4 is 17.4 Å². The Morgan fingerprint density at radius 3 is 2.60 bits per heavy atom. The van der Waals surface area contributed by atoms with Gasteiger partial charge in [-0.15, -0.1) is 0 Å². The number of halogens is 1. The fraction of sp³-hybridized carbons (Fsp3) is 0.235. The van der Waals surface area contributed by atoms with Crippen molar-refractivity contribution in [3.63, 3.8) is 0 Å². The van der Waals surface area contributed by atoms with Gasteiger partial charge in [-0.25, -0.2) is 0 Å². The fourth-order valence-corrected chi connectivity index (χ4v) is 2.27. The van der Waals surface area contributed by atoms with E-state index in [0.717, 1.165) is 12.8 Å². The van der Waals surface area contributed by atoms with E-state index in [0.29, 0.717) is 22.8 Å². The maximum atomic E-state index is 12.1. The highest BCUT2D eigenvalue weighted by molar-refractivity contribution is 6.32. The molecule has 2 aromatic carbocycles. The molecular formula is C17H17ClO2. The van der Waals surface area contributed by atoms with E-state index >= 15 is 0 Å². The second-order valence-corrected chi connectivity index (χ2v) is 5.02. The summed E-state index contributed by atoms with van der Waals surface area (Å²) >= 11 is 5.95. The lowest BCUT2D eigenvalue weighted by Gasteiger charge is -2.06. The Morgan fingerprint density at radius 2 is 1.90 bits per heavy atom. The quantitative estimate of drug-likeness (QED) is 0.729. The van der Waals surface area contributed by atoms with E-state index in [9.17, 15) is 4.79 Å². The average Bonchev–Trinajstić information content (AvgIpc) is 2.48. The van der Waals surface area contributed by atoms with Gasteiger partial charge in [0.15, 0.2) is 5.78 Å². The van der Waals surface area contributed by atoms with E-state index in [1.165, 1.54) is 5.56 Å².